The largest absolute Gasteiger partial charge is 0.315 e. The van der Waals surface area contributed by atoms with Crippen molar-refractivity contribution in [2.75, 3.05) is 26.2 Å². The zero-order valence-corrected chi connectivity index (χ0v) is 8.64. The molecule has 0 aromatic rings. The molecule has 1 saturated heterocycles. The average Bonchev–Trinajstić information content (AvgIpc) is 2.47. The predicted molar refractivity (Wildman–Crippen MR) is 53.4 cm³/mol. The minimum Gasteiger partial charge on any atom is -0.315 e. The number of nitrogens with one attached hydrogen (secondary N) is 1. The lowest BCUT2D eigenvalue weighted by Gasteiger charge is -2.24. The fourth-order valence-electron chi connectivity index (χ4n) is 1.85. The SMILES string of the molecule is CCNCC(C)N1CCC(C)C1. The van der Waals surface area contributed by atoms with E-state index < -0.39 is 0 Å². The third-order valence-electron chi connectivity index (χ3n) is 2.77. The van der Waals surface area contributed by atoms with Gasteiger partial charge in [0, 0.05) is 19.1 Å². The molecule has 2 heteroatoms. The fourth-order valence-corrected chi connectivity index (χ4v) is 1.85. The highest BCUT2D eigenvalue weighted by molar-refractivity contribution is 4.77. The van der Waals surface area contributed by atoms with E-state index in [9.17, 15) is 0 Å². The molecule has 1 N–H and O–H groups in total. The maximum absolute atomic E-state index is 3.40. The molecule has 1 fully saturated rings. The Labute approximate surface area is 76.3 Å². The van der Waals surface area contributed by atoms with Crippen LogP contribution in [0.25, 0.3) is 0 Å². The minimum absolute atomic E-state index is 0.717. The summed E-state index contributed by atoms with van der Waals surface area (Å²) in [4.78, 5) is 2.59. The van der Waals surface area contributed by atoms with Crippen molar-refractivity contribution in [1.82, 2.24) is 10.2 Å². The molecule has 2 atom stereocenters. The van der Waals surface area contributed by atoms with Crippen molar-refractivity contribution in [3.63, 3.8) is 0 Å². The number of hydrogen-bond acceptors (Lipinski definition) is 2. The summed E-state index contributed by atoms with van der Waals surface area (Å²) in [5.74, 6) is 0.911. The quantitative estimate of drug-likeness (QED) is 0.684. The van der Waals surface area contributed by atoms with Gasteiger partial charge in [0.15, 0.2) is 0 Å². The molecule has 1 heterocycles. The van der Waals surface area contributed by atoms with E-state index in [4.69, 9.17) is 0 Å². The molecule has 0 aromatic carbocycles. The first-order chi connectivity index (χ1) is 5.74. The third-order valence-corrected chi connectivity index (χ3v) is 2.77. The summed E-state index contributed by atoms with van der Waals surface area (Å²) < 4.78 is 0. The van der Waals surface area contributed by atoms with Crippen LogP contribution in [0, 0.1) is 5.92 Å². The van der Waals surface area contributed by atoms with Crippen LogP contribution in [0.1, 0.15) is 27.2 Å². The lowest BCUT2D eigenvalue weighted by atomic mass is 10.2. The normalized spacial score (nSPS) is 27.8. The molecule has 1 aliphatic heterocycles. The van der Waals surface area contributed by atoms with Crippen LogP contribution in [0.4, 0.5) is 0 Å². The molecule has 72 valence electrons. The molecule has 0 aromatic heterocycles. The number of hydrogen-bond donors (Lipinski definition) is 1. The molecule has 2 unspecified atom stereocenters. The number of nitrogens with zero attached hydrogens (tertiary/aromatic N) is 1. The van der Waals surface area contributed by atoms with Crippen molar-refractivity contribution >= 4 is 0 Å². The van der Waals surface area contributed by atoms with Gasteiger partial charge in [-0.15, -0.1) is 0 Å². The monoisotopic (exact) mass is 170 g/mol. The van der Waals surface area contributed by atoms with Crippen LogP contribution in [0.15, 0.2) is 0 Å². The van der Waals surface area contributed by atoms with Gasteiger partial charge in [0.1, 0.15) is 0 Å². The summed E-state index contributed by atoms with van der Waals surface area (Å²) >= 11 is 0. The lowest BCUT2D eigenvalue weighted by molar-refractivity contribution is 0.246. The van der Waals surface area contributed by atoms with Crippen LogP contribution in [-0.2, 0) is 0 Å². The molecule has 0 amide bonds. The summed E-state index contributed by atoms with van der Waals surface area (Å²) in [6.07, 6.45) is 1.39. The molecule has 1 rings (SSSR count). The van der Waals surface area contributed by atoms with E-state index in [1.807, 2.05) is 0 Å². The molecular weight excluding hydrogens is 148 g/mol. The zero-order chi connectivity index (χ0) is 8.97. The molecule has 0 bridgehead atoms. The Hall–Kier alpha value is -0.0800. The van der Waals surface area contributed by atoms with Crippen molar-refractivity contribution < 1.29 is 0 Å². The van der Waals surface area contributed by atoms with Crippen LogP contribution < -0.4 is 5.32 Å². The van der Waals surface area contributed by atoms with Crippen molar-refractivity contribution in [3.05, 3.63) is 0 Å². The van der Waals surface area contributed by atoms with E-state index in [1.165, 1.54) is 19.5 Å². The zero-order valence-electron chi connectivity index (χ0n) is 8.64. The van der Waals surface area contributed by atoms with Gasteiger partial charge >= 0.3 is 0 Å². The van der Waals surface area contributed by atoms with E-state index in [0.29, 0.717) is 0 Å². The second-order valence-corrected chi connectivity index (χ2v) is 4.05. The van der Waals surface area contributed by atoms with E-state index in [0.717, 1.165) is 25.0 Å². The van der Waals surface area contributed by atoms with E-state index in [2.05, 4.69) is 31.0 Å². The van der Waals surface area contributed by atoms with Gasteiger partial charge in [-0.1, -0.05) is 13.8 Å². The summed E-state index contributed by atoms with van der Waals surface area (Å²) in [6, 6.07) is 0.717. The van der Waals surface area contributed by atoms with Gasteiger partial charge in [-0.2, -0.15) is 0 Å². The van der Waals surface area contributed by atoms with Crippen molar-refractivity contribution in [2.24, 2.45) is 5.92 Å². The highest BCUT2D eigenvalue weighted by Gasteiger charge is 2.22. The van der Waals surface area contributed by atoms with Crippen LogP contribution in [0.3, 0.4) is 0 Å². The minimum atomic E-state index is 0.717. The van der Waals surface area contributed by atoms with Gasteiger partial charge in [-0.25, -0.2) is 0 Å². The van der Waals surface area contributed by atoms with Gasteiger partial charge in [0.2, 0.25) is 0 Å². The molecule has 12 heavy (non-hydrogen) atoms. The van der Waals surface area contributed by atoms with E-state index >= 15 is 0 Å². The van der Waals surface area contributed by atoms with Crippen LogP contribution in [-0.4, -0.2) is 37.1 Å². The molecule has 0 spiro atoms. The Balaban J connectivity index is 2.18. The first kappa shape index (κ1) is 10.0. The Morgan fingerprint density at radius 2 is 2.33 bits per heavy atom. The van der Waals surface area contributed by atoms with E-state index in [-0.39, 0.29) is 0 Å². The first-order valence-electron chi connectivity index (χ1n) is 5.18. The second-order valence-electron chi connectivity index (χ2n) is 4.05. The molecular formula is C10H22N2. The highest BCUT2D eigenvalue weighted by Crippen LogP contribution is 2.16. The standard InChI is InChI=1S/C10H22N2/c1-4-11-7-10(3)12-6-5-9(2)8-12/h9-11H,4-8H2,1-3H3. The molecule has 1 aliphatic rings. The Bertz CT molecular complexity index is 125. The van der Waals surface area contributed by atoms with E-state index in [1.54, 1.807) is 0 Å². The number of likely N-dealkylation sites (tertiary alicyclic amines) is 1. The lowest BCUT2D eigenvalue weighted by Crippen LogP contribution is -2.38. The van der Waals surface area contributed by atoms with Crippen LogP contribution in [0.2, 0.25) is 0 Å². The maximum atomic E-state index is 3.40. The smallest absolute Gasteiger partial charge is 0.0192 e. The average molecular weight is 170 g/mol. The third kappa shape index (κ3) is 2.76. The van der Waals surface area contributed by atoms with Gasteiger partial charge in [0.05, 0.1) is 0 Å². The summed E-state index contributed by atoms with van der Waals surface area (Å²) in [5.41, 5.74) is 0. The van der Waals surface area contributed by atoms with Crippen LogP contribution in [0.5, 0.6) is 0 Å². The Kier molecular flexibility index (Phi) is 4.02. The number of likely N-dealkylation sites (N-methyl/N-ethyl adjacent to an activating group) is 1. The van der Waals surface area contributed by atoms with Crippen molar-refractivity contribution in [2.45, 2.75) is 33.2 Å². The van der Waals surface area contributed by atoms with Gasteiger partial charge in [-0.05, 0) is 32.4 Å². The molecule has 0 saturated carbocycles. The Morgan fingerprint density at radius 3 is 2.83 bits per heavy atom. The fraction of sp³-hybridized carbons (Fsp3) is 1.00. The van der Waals surface area contributed by atoms with Crippen LogP contribution >= 0.6 is 0 Å². The highest BCUT2D eigenvalue weighted by atomic mass is 15.2. The molecule has 0 aliphatic carbocycles. The summed E-state index contributed by atoms with van der Waals surface area (Å²) in [5, 5.41) is 3.40. The molecule has 0 radical (unpaired) electrons. The van der Waals surface area contributed by atoms with Crippen molar-refractivity contribution in [3.8, 4) is 0 Å². The number of rotatable bonds is 4. The predicted octanol–water partition coefficient (Wildman–Crippen LogP) is 1.33. The first-order valence-corrected chi connectivity index (χ1v) is 5.18. The molecule has 2 nitrogen and oxygen atoms in total. The van der Waals surface area contributed by atoms with Gasteiger partial charge < -0.3 is 5.32 Å². The Morgan fingerprint density at radius 1 is 1.58 bits per heavy atom. The van der Waals surface area contributed by atoms with Gasteiger partial charge in [-0.3, -0.25) is 4.90 Å². The summed E-state index contributed by atoms with van der Waals surface area (Å²) in [6.45, 7) is 11.7. The van der Waals surface area contributed by atoms with Gasteiger partial charge in [0.25, 0.3) is 0 Å². The summed E-state index contributed by atoms with van der Waals surface area (Å²) in [7, 11) is 0. The topological polar surface area (TPSA) is 15.3 Å². The maximum Gasteiger partial charge on any atom is 0.0192 e. The van der Waals surface area contributed by atoms with Crippen molar-refractivity contribution in [1.29, 1.82) is 0 Å². The second kappa shape index (κ2) is 4.83.